The van der Waals surface area contributed by atoms with Crippen LogP contribution in [0.25, 0.3) is 0 Å². The summed E-state index contributed by atoms with van der Waals surface area (Å²) in [7, 11) is 0. The van der Waals surface area contributed by atoms with Gasteiger partial charge in [0.15, 0.2) is 0 Å². The van der Waals surface area contributed by atoms with Crippen molar-refractivity contribution in [2.24, 2.45) is 17.1 Å². The van der Waals surface area contributed by atoms with Crippen molar-refractivity contribution in [1.82, 2.24) is 5.32 Å². The molecular formula is C18H38N2O. The Labute approximate surface area is 132 Å². The molecule has 0 heterocycles. The Bertz CT molecular complexity index is 271. The summed E-state index contributed by atoms with van der Waals surface area (Å²) in [4.78, 5) is 12.2. The normalized spacial score (nSPS) is 14.8. The molecule has 0 aliphatic heterocycles. The molecule has 126 valence electrons. The molecule has 0 aliphatic carbocycles. The van der Waals surface area contributed by atoms with Crippen LogP contribution in [-0.4, -0.2) is 18.5 Å². The van der Waals surface area contributed by atoms with Gasteiger partial charge in [-0.2, -0.15) is 0 Å². The van der Waals surface area contributed by atoms with Crippen LogP contribution in [0.2, 0.25) is 0 Å². The molecular weight excluding hydrogens is 260 g/mol. The van der Waals surface area contributed by atoms with Gasteiger partial charge in [0, 0.05) is 12.5 Å². The smallest absolute Gasteiger partial charge is 0.220 e. The van der Waals surface area contributed by atoms with Gasteiger partial charge in [-0.15, -0.1) is 0 Å². The molecule has 0 spiro atoms. The van der Waals surface area contributed by atoms with E-state index < -0.39 is 0 Å². The lowest BCUT2D eigenvalue weighted by Gasteiger charge is -2.30. The number of amides is 1. The predicted octanol–water partition coefficient (Wildman–Crippen LogP) is 4.25. The molecule has 0 rings (SSSR count). The number of carbonyl (C=O) groups is 1. The molecule has 0 saturated carbocycles. The van der Waals surface area contributed by atoms with E-state index in [1.54, 1.807) is 0 Å². The Kier molecular flexibility index (Phi) is 10.8. The second-order valence-corrected chi connectivity index (χ2v) is 7.37. The van der Waals surface area contributed by atoms with Gasteiger partial charge in [0.1, 0.15) is 0 Å². The summed E-state index contributed by atoms with van der Waals surface area (Å²) in [6, 6.07) is 0.366. The van der Waals surface area contributed by atoms with Crippen LogP contribution in [0.5, 0.6) is 0 Å². The average Bonchev–Trinajstić information content (AvgIpc) is 2.39. The summed E-state index contributed by atoms with van der Waals surface area (Å²) in [6.45, 7) is 11.8. The van der Waals surface area contributed by atoms with E-state index in [2.05, 4.69) is 39.9 Å². The summed E-state index contributed by atoms with van der Waals surface area (Å²) >= 11 is 0. The van der Waals surface area contributed by atoms with Gasteiger partial charge in [-0.05, 0) is 43.6 Å². The van der Waals surface area contributed by atoms with E-state index in [-0.39, 0.29) is 11.3 Å². The Morgan fingerprint density at radius 3 is 2.19 bits per heavy atom. The van der Waals surface area contributed by atoms with Crippen molar-refractivity contribution in [3.63, 3.8) is 0 Å². The largest absolute Gasteiger partial charge is 0.353 e. The topological polar surface area (TPSA) is 55.1 Å². The highest BCUT2D eigenvalue weighted by atomic mass is 16.1. The van der Waals surface area contributed by atoms with Crippen molar-refractivity contribution < 1.29 is 4.79 Å². The van der Waals surface area contributed by atoms with E-state index in [9.17, 15) is 4.79 Å². The highest BCUT2D eigenvalue weighted by Crippen LogP contribution is 2.32. The van der Waals surface area contributed by atoms with Gasteiger partial charge >= 0.3 is 0 Å². The van der Waals surface area contributed by atoms with Crippen molar-refractivity contribution in [2.75, 3.05) is 6.54 Å². The molecule has 0 aromatic heterocycles. The van der Waals surface area contributed by atoms with Crippen LogP contribution in [0, 0.1) is 11.3 Å². The quantitative estimate of drug-likeness (QED) is 0.599. The standard InChI is InChI=1S/C18H38N2O/c1-6-8-10-16(9-7-2)20-17(21)12-11-15(13-14-19)18(3,4)5/h15-16H,6-14,19H2,1-5H3,(H,20,21). The zero-order valence-corrected chi connectivity index (χ0v) is 15.0. The van der Waals surface area contributed by atoms with Gasteiger partial charge in [0.05, 0.1) is 0 Å². The molecule has 3 nitrogen and oxygen atoms in total. The van der Waals surface area contributed by atoms with Crippen LogP contribution in [0.4, 0.5) is 0 Å². The number of rotatable bonds is 11. The van der Waals surface area contributed by atoms with Crippen molar-refractivity contribution in [3.05, 3.63) is 0 Å². The predicted molar refractivity (Wildman–Crippen MR) is 92.2 cm³/mol. The van der Waals surface area contributed by atoms with E-state index >= 15 is 0 Å². The van der Waals surface area contributed by atoms with Gasteiger partial charge in [-0.25, -0.2) is 0 Å². The summed E-state index contributed by atoms with van der Waals surface area (Å²) in [5, 5.41) is 3.23. The molecule has 0 radical (unpaired) electrons. The third-order valence-electron chi connectivity index (χ3n) is 4.37. The first-order valence-electron chi connectivity index (χ1n) is 8.84. The van der Waals surface area contributed by atoms with Crippen LogP contribution < -0.4 is 11.1 Å². The third-order valence-corrected chi connectivity index (χ3v) is 4.37. The fourth-order valence-electron chi connectivity index (χ4n) is 2.90. The zero-order chi connectivity index (χ0) is 16.3. The highest BCUT2D eigenvalue weighted by Gasteiger charge is 2.24. The van der Waals surface area contributed by atoms with Crippen molar-refractivity contribution >= 4 is 5.91 Å². The lowest BCUT2D eigenvalue weighted by molar-refractivity contribution is -0.122. The van der Waals surface area contributed by atoms with Crippen molar-refractivity contribution in [2.45, 2.75) is 92.0 Å². The second kappa shape index (κ2) is 11.1. The number of unbranched alkanes of at least 4 members (excludes halogenated alkanes) is 1. The summed E-state index contributed by atoms with van der Waals surface area (Å²) in [5.41, 5.74) is 5.93. The molecule has 21 heavy (non-hydrogen) atoms. The molecule has 1 amide bonds. The van der Waals surface area contributed by atoms with Gasteiger partial charge < -0.3 is 11.1 Å². The minimum Gasteiger partial charge on any atom is -0.353 e. The molecule has 0 aliphatic rings. The van der Waals surface area contributed by atoms with E-state index in [0.29, 0.717) is 24.9 Å². The molecule has 0 saturated heterocycles. The Morgan fingerprint density at radius 1 is 1.05 bits per heavy atom. The van der Waals surface area contributed by atoms with Gasteiger partial charge in [-0.1, -0.05) is 53.9 Å². The first kappa shape index (κ1) is 20.4. The third kappa shape index (κ3) is 9.89. The maximum atomic E-state index is 12.2. The number of hydrogen-bond donors (Lipinski definition) is 2. The van der Waals surface area contributed by atoms with Crippen LogP contribution >= 0.6 is 0 Å². The number of nitrogens with two attached hydrogens (primary N) is 1. The van der Waals surface area contributed by atoms with Gasteiger partial charge in [0.25, 0.3) is 0 Å². The van der Waals surface area contributed by atoms with Crippen LogP contribution in [0.3, 0.4) is 0 Å². The fourth-order valence-corrected chi connectivity index (χ4v) is 2.90. The molecule has 0 fully saturated rings. The molecule has 0 aromatic rings. The van der Waals surface area contributed by atoms with Crippen LogP contribution in [-0.2, 0) is 4.79 Å². The molecule has 2 unspecified atom stereocenters. The summed E-state index contributed by atoms with van der Waals surface area (Å²) in [5.74, 6) is 0.740. The fraction of sp³-hybridized carbons (Fsp3) is 0.944. The van der Waals surface area contributed by atoms with Crippen LogP contribution in [0.15, 0.2) is 0 Å². The van der Waals surface area contributed by atoms with Crippen LogP contribution in [0.1, 0.15) is 86.0 Å². The van der Waals surface area contributed by atoms with E-state index in [4.69, 9.17) is 5.73 Å². The molecule has 0 aromatic carbocycles. The van der Waals surface area contributed by atoms with Gasteiger partial charge in [0.2, 0.25) is 5.91 Å². The molecule has 2 atom stereocenters. The Morgan fingerprint density at radius 2 is 1.71 bits per heavy atom. The number of hydrogen-bond acceptors (Lipinski definition) is 2. The molecule has 0 bridgehead atoms. The van der Waals surface area contributed by atoms with Crippen molar-refractivity contribution in [3.8, 4) is 0 Å². The molecule has 3 N–H and O–H groups in total. The number of carbonyl (C=O) groups excluding carboxylic acids is 1. The van der Waals surface area contributed by atoms with Crippen molar-refractivity contribution in [1.29, 1.82) is 0 Å². The summed E-state index contributed by atoms with van der Waals surface area (Å²) in [6.07, 6.45) is 8.31. The zero-order valence-electron chi connectivity index (χ0n) is 15.0. The lowest BCUT2D eigenvalue weighted by atomic mass is 9.76. The molecule has 3 heteroatoms. The summed E-state index contributed by atoms with van der Waals surface area (Å²) < 4.78 is 0. The first-order chi connectivity index (χ1) is 9.85. The minimum absolute atomic E-state index is 0.218. The minimum atomic E-state index is 0.218. The van der Waals surface area contributed by atoms with E-state index in [0.717, 1.165) is 32.1 Å². The lowest BCUT2D eigenvalue weighted by Crippen LogP contribution is -2.35. The SMILES string of the molecule is CCCCC(CCC)NC(=O)CCC(CCN)C(C)(C)C. The van der Waals surface area contributed by atoms with E-state index in [1.807, 2.05) is 0 Å². The first-order valence-corrected chi connectivity index (χ1v) is 8.84. The van der Waals surface area contributed by atoms with E-state index in [1.165, 1.54) is 12.8 Å². The monoisotopic (exact) mass is 298 g/mol. The van der Waals surface area contributed by atoms with Gasteiger partial charge in [-0.3, -0.25) is 4.79 Å². The number of nitrogens with one attached hydrogen (secondary N) is 1. The average molecular weight is 299 g/mol. The maximum absolute atomic E-state index is 12.2. The maximum Gasteiger partial charge on any atom is 0.220 e. The Hall–Kier alpha value is -0.570. The second-order valence-electron chi connectivity index (χ2n) is 7.37. The Balaban J connectivity index is 4.25. The highest BCUT2D eigenvalue weighted by molar-refractivity contribution is 5.76.